The summed E-state index contributed by atoms with van der Waals surface area (Å²) >= 11 is 0.382. The SMILES string of the molecule is [Cl][Co][Cl].c1cncc(-c2cccnc2-c2cccnc2)c1. The van der Waals surface area contributed by atoms with E-state index in [1.165, 1.54) is 0 Å². The summed E-state index contributed by atoms with van der Waals surface area (Å²) in [6.45, 7) is 0. The first-order valence-electron chi connectivity index (χ1n) is 5.96. The van der Waals surface area contributed by atoms with Crippen molar-refractivity contribution in [2.24, 2.45) is 0 Å². The monoisotopic (exact) mass is 362 g/mol. The molecule has 3 aromatic heterocycles. The van der Waals surface area contributed by atoms with E-state index in [0.717, 1.165) is 22.4 Å². The van der Waals surface area contributed by atoms with Crippen LogP contribution in [0.1, 0.15) is 0 Å². The van der Waals surface area contributed by atoms with Crippen molar-refractivity contribution in [3.8, 4) is 22.4 Å². The van der Waals surface area contributed by atoms with Gasteiger partial charge in [-0.3, -0.25) is 15.0 Å². The van der Waals surface area contributed by atoms with Crippen LogP contribution in [-0.2, 0) is 12.9 Å². The summed E-state index contributed by atoms with van der Waals surface area (Å²) in [6.07, 6.45) is 8.99. The van der Waals surface area contributed by atoms with Crippen molar-refractivity contribution in [3.05, 3.63) is 67.4 Å². The molecule has 0 N–H and O–H groups in total. The van der Waals surface area contributed by atoms with Crippen LogP contribution in [-0.4, -0.2) is 15.0 Å². The van der Waals surface area contributed by atoms with E-state index >= 15 is 0 Å². The van der Waals surface area contributed by atoms with Gasteiger partial charge in [-0.2, -0.15) is 0 Å². The molecule has 6 heteroatoms. The number of hydrogen-bond donors (Lipinski definition) is 0. The summed E-state index contributed by atoms with van der Waals surface area (Å²) in [7, 11) is 9.47. The first kappa shape index (κ1) is 15.9. The molecule has 0 aliphatic heterocycles. The summed E-state index contributed by atoms with van der Waals surface area (Å²) in [5.74, 6) is 0. The Hall–Kier alpha value is -1.46. The molecule has 109 valence electrons. The molecule has 0 aromatic carbocycles. The average molecular weight is 363 g/mol. The molecule has 0 unspecified atom stereocenters. The molecule has 0 amide bonds. The van der Waals surface area contributed by atoms with E-state index in [4.69, 9.17) is 20.3 Å². The third-order valence-electron chi connectivity index (χ3n) is 2.72. The number of aromatic nitrogens is 3. The first-order chi connectivity index (χ1) is 10.4. The standard InChI is InChI=1S/C15H11N3.2ClH.Co/c1-4-12(10-16-7-1)14-6-3-9-18-15(14)13-5-2-8-17-11-13;;;/h1-11H;2*1H;/q;;;+2/p-2. The molecule has 0 saturated heterocycles. The van der Waals surface area contributed by atoms with Crippen LogP contribution in [0.3, 0.4) is 0 Å². The second-order valence-corrected chi connectivity index (χ2v) is 5.65. The molecule has 0 atom stereocenters. The second kappa shape index (κ2) is 8.74. The molecule has 3 aromatic rings. The number of halogens is 2. The zero-order chi connectivity index (χ0) is 14.9. The Morgan fingerprint density at radius 1 is 0.762 bits per heavy atom. The first-order valence-corrected chi connectivity index (χ1v) is 8.82. The van der Waals surface area contributed by atoms with E-state index < -0.39 is 0 Å². The molecule has 0 spiro atoms. The van der Waals surface area contributed by atoms with Crippen LogP contribution < -0.4 is 0 Å². The third-order valence-corrected chi connectivity index (χ3v) is 2.72. The summed E-state index contributed by atoms with van der Waals surface area (Å²) in [6, 6.07) is 11.9. The van der Waals surface area contributed by atoms with Gasteiger partial charge in [-0.15, -0.1) is 0 Å². The van der Waals surface area contributed by atoms with Crippen LogP contribution in [0.5, 0.6) is 0 Å². The third kappa shape index (κ3) is 4.51. The van der Waals surface area contributed by atoms with Gasteiger partial charge in [-0.05, 0) is 24.3 Å². The topological polar surface area (TPSA) is 38.7 Å². The number of pyridine rings is 3. The second-order valence-electron chi connectivity index (χ2n) is 3.93. The molecule has 0 aliphatic rings. The molecule has 0 aliphatic carbocycles. The van der Waals surface area contributed by atoms with Gasteiger partial charge in [0.15, 0.2) is 0 Å². The number of nitrogens with zero attached hydrogens (tertiary/aromatic N) is 3. The Morgan fingerprint density at radius 2 is 1.33 bits per heavy atom. The van der Waals surface area contributed by atoms with Gasteiger partial charge >= 0.3 is 33.2 Å². The maximum atomic E-state index is 4.73. The van der Waals surface area contributed by atoms with E-state index in [1.807, 2.05) is 48.8 Å². The molecule has 21 heavy (non-hydrogen) atoms. The molecule has 3 nitrogen and oxygen atoms in total. The van der Waals surface area contributed by atoms with Crippen LogP contribution in [0.4, 0.5) is 0 Å². The van der Waals surface area contributed by atoms with Crippen molar-refractivity contribution in [2.75, 3.05) is 0 Å². The molecule has 0 fully saturated rings. The van der Waals surface area contributed by atoms with Gasteiger partial charge in [-0.25, -0.2) is 0 Å². The van der Waals surface area contributed by atoms with Crippen molar-refractivity contribution in [1.82, 2.24) is 15.0 Å². The predicted molar refractivity (Wildman–Crippen MR) is 82.4 cm³/mol. The van der Waals surface area contributed by atoms with Gasteiger partial charge < -0.3 is 0 Å². The van der Waals surface area contributed by atoms with E-state index in [2.05, 4.69) is 15.0 Å². The van der Waals surface area contributed by atoms with Gasteiger partial charge in [0.25, 0.3) is 0 Å². The predicted octanol–water partition coefficient (Wildman–Crippen LogP) is 4.58. The normalized spacial score (nSPS) is 9.81. The van der Waals surface area contributed by atoms with Crippen LogP contribution in [0, 0.1) is 0 Å². The molecular formula is C15H11Cl2CoN3. The molecule has 0 bridgehead atoms. The Kier molecular flexibility index (Phi) is 6.63. The van der Waals surface area contributed by atoms with E-state index in [-0.39, 0.29) is 0 Å². The minimum atomic E-state index is 0.382. The van der Waals surface area contributed by atoms with Gasteiger partial charge in [0, 0.05) is 47.7 Å². The quantitative estimate of drug-likeness (QED) is 0.669. The summed E-state index contributed by atoms with van der Waals surface area (Å²) < 4.78 is 0. The fraction of sp³-hybridized carbons (Fsp3) is 0. The van der Waals surface area contributed by atoms with Crippen molar-refractivity contribution in [1.29, 1.82) is 0 Å². The average Bonchev–Trinajstić information content (AvgIpc) is 2.57. The van der Waals surface area contributed by atoms with Gasteiger partial charge in [0.1, 0.15) is 0 Å². The Labute approximate surface area is 137 Å². The van der Waals surface area contributed by atoms with Crippen molar-refractivity contribution in [3.63, 3.8) is 0 Å². The summed E-state index contributed by atoms with van der Waals surface area (Å²) in [5.41, 5.74) is 4.07. The van der Waals surface area contributed by atoms with E-state index in [0.29, 0.717) is 12.9 Å². The van der Waals surface area contributed by atoms with Crippen molar-refractivity contribution < 1.29 is 12.9 Å². The Balaban J connectivity index is 0.000000497. The van der Waals surface area contributed by atoms with Gasteiger partial charge in [0.2, 0.25) is 0 Å². The molecule has 3 rings (SSSR count). The van der Waals surface area contributed by atoms with E-state index in [9.17, 15) is 0 Å². The van der Waals surface area contributed by atoms with Crippen molar-refractivity contribution >= 4 is 20.3 Å². The largest absolute Gasteiger partial charge is 0.264 e. The number of rotatable bonds is 2. The molecule has 3 heterocycles. The van der Waals surface area contributed by atoms with Crippen LogP contribution >= 0.6 is 20.3 Å². The summed E-state index contributed by atoms with van der Waals surface area (Å²) in [5, 5.41) is 0. The Morgan fingerprint density at radius 3 is 1.90 bits per heavy atom. The zero-order valence-corrected chi connectivity index (χ0v) is 13.3. The fourth-order valence-electron chi connectivity index (χ4n) is 1.89. The maximum Gasteiger partial charge on any atom is 0.0796 e. The fourth-order valence-corrected chi connectivity index (χ4v) is 1.89. The van der Waals surface area contributed by atoms with Crippen LogP contribution in [0.15, 0.2) is 67.4 Å². The van der Waals surface area contributed by atoms with Gasteiger partial charge in [0.05, 0.1) is 5.69 Å². The van der Waals surface area contributed by atoms with Gasteiger partial charge in [-0.1, -0.05) is 12.1 Å². The van der Waals surface area contributed by atoms with E-state index in [1.54, 1.807) is 18.6 Å². The molecule has 0 radical (unpaired) electrons. The Bertz CT molecular complexity index is 608. The zero-order valence-electron chi connectivity index (χ0n) is 10.8. The smallest absolute Gasteiger partial charge is 0.0796 e. The van der Waals surface area contributed by atoms with Crippen molar-refractivity contribution in [2.45, 2.75) is 0 Å². The van der Waals surface area contributed by atoms with Crippen LogP contribution in [0.2, 0.25) is 0 Å². The minimum absolute atomic E-state index is 0.382. The maximum absolute atomic E-state index is 4.73. The molecular weight excluding hydrogens is 352 g/mol. The summed E-state index contributed by atoms with van der Waals surface area (Å²) in [4.78, 5) is 12.8. The number of hydrogen-bond acceptors (Lipinski definition) is 3. The minimum Gasteiger partial charge on any atom is -0.264 e. The molecule has 0 saturated carbocycles. The van der Waals surface area contributed by atoms with Crippen LogP contribution in [0.25, 0.3) is 22.4 Å².